The van der Waals surface area contributed by atoms with Crippen molar-refractivity contribution in [1.82, 2.24) is 4.98 Å². The van der Waals surface area contributed by atoms with Crippen molar-refractivity contribution < 1.29 is 9.53 Å². The molecular weight excluding hydrogens is 298 g/mol. The molecule has 3 aromatic rings. The van der Waals surface area contributed by atoms with Crippen LogP contribution in [0.1, 0.15) is 46.9 Å². The Bertz CT molecular complexity index is 867. The molecule has 0 amide bonds. The number of rotatable bonds is 4. The molecule has 0 aliphatic heterocycles. The van der Waals surface area contributed by atoms with Gasteiger partial charge in [-0.3, -0.25) is 4.98 Å². The van der Waals surface area contributed by atoms with E-state index in [1.165, 1.54) is 18.1 Å². The number of hydrogen-bond acceptors (Lipinski definition) is 3. The summed E-state index contributed by atoms with van der Waals surface area (Å²) >= 11 is 0. The molecule has 1 aromatic heterocycles. The molecule has 3 nitrogen and oxygen atoms in total. The number of methoxy groups -OCH3 is 1. The Morgan fingerprint density at radius 1 is 1.08 bits per heavy atom. The Hall–Kier alpha value is -2.68. The van der Waals surface area contributed by atoms with E-state index in [1.807, 2.05) is 36.4 Å². The van der Waals surface area contributed by atoms with Crippen molar-refractivity contribution in [3.63, 3.8) is 0 Å². The van der Waals surface area contributed by atoms with E-state index in [1.54, 1.807) is 0 Å². The molecule has 0 aliphatic rings. The fourth-order valence-electron chi connectivity index (χ4n) is 2.81. The summed E-state index contributed by atoms with van der Waals surface area (Å²) in [5, 5.41) is 1.18. The lowest BCUT2D eigenvalue weighted by molar-refractivity contribution is 0.0600. The van der Waals surface area contributed by atoms with Gasteiger partial charge in [-0.2, -0.15) is 0 Å². The molecule has 0 radical (unpaired) electrons. The van der Waals surface area contributed by atoms with Gasteiger partial charge in [0.25, 0.3) is 0 Å². The van der Waals surface area contributed by atoms with E-state index >= 15 is 0 Å². The van der Waals surface area contributed by atoms with Gasteiger partial charge in [0.1, 0.15) is 0 Å². The third-order valence-corrected chi connectivity index (χ3v) is 4.18. The number of pyridine rings is 1. The van der Waals surface area contributed by atoms with Crippen LogP contribution in [0.15, 0.2) is 54.6 Å². The van der Waals surface area contributed by atoms with Crippen LogP contribution in [0, 0.1) is 0 Å². The van der Waals surface area contributed by atoms with Gasteiger partial charge in [-0.05, 0) is 47.7 Å². The first-order chi connectivity index (χ1) is 11.6. The minimum atomic E-state index is -0.307. The van der Waals surface area contributed by atoms with E-state index in [2.05, 4.69) is 32.0 Å². The van der Waals surface area contributed by atoms with Gasteiger partial charge < -0.3 is 4.74 Å². The van der Waals surface area contributed by atoms with Crippen LogP contribution in [0.2, 0.25) is 0 Å². The maximum absolute atomic E-state index is 11.5. The van der Waals surface area contributed by atoms with E-state index in [0.29, 0.717) is 11.5 Å². The average Bonchev–Trinajstić information content (AvgIpc) is 2.61. The molecule has 0 atom stereocenters. The lowest BCUT2D eigenvalue weighted by Gasteiger charge is -2.12. The minimum absolute atomic E-state index is 0.307. The molecule has 0 bridgehead atoms. The molecule has 0 N–H and O–H groups in total. The van der Waals surface area contributed by atoms with Gasteiger partial charge in [0, 0.05) is 11.1 Å². The Kier molecular flexibility index (Phi) is 4.61. The molecule has 2 aromatic carbocycles. The summed E-state index contributed by atoms with van der Waals surface area (Å²) in [6.07, 6.45) is 0.810. The number of para-hydroxylation sites is 1. The van der Waals surface area contributed by atoms with Crippen LogP contribution in [0.3, 0.4) is 0 Å². The normalized spacial score (nSPS) is 11.0. The number of nitrogens with zero attached hydrogens (tertiary/aromatic N) is 1. The first kappa shape index (κ1) is 16.2. The summed E-state index contributed by atoms with van der Waals surface area (Å²) in [4.78, 5) is 16.3. The van der Waals surface area contributed by atoms with Crippen molar-refractivity contribution in [1.29, 1.82) is 0 Å². The third kappa shape index (κ3) is 3.30. The number of ether oxygens (including phenoxy) is 1. The molecule has 0 saturated carbocycles. The lowest BCUT2D eigenvalue weighted by Crippen LogP contribution is -2.01. The second kappa shape index (κ2) is 6.83. The number of fused-ring (bicyclic) bond motifs is 1. The van der Waals surface area contributed by atoms with Gasteiger partial charge in [-0.15, -0.1) is 0 Å². The van der Waals surface area contributed by atoms with E-state index in [-0.39, 0.29) is 5.97 Å². The first-order valence-corrected chi connectivity index (χ1v) is 8.14. The number of carbonyl (C=O) groups is 1. The SMILES string of the molecule is COC(=O)c1ccc(Cc2cc(C(C)C)nc3ccccc23)cc1. The van der Waals surface area contributed by atoms with Gasteiger partial charge in [-0.25, -0.2) is 4.79 Å². The number of carbonyl (C=O) groups excluding carboxylic acids is 1. The molecule has 3 heteroatoms. The third-order valence-electron chi connectivity index (χ3n) is 4.18. The highest BCUT2D eigenvalue weighted by Gasteiger charge is 2.10. The molecule has 0 unspecified atom stereocenters. The van der Waals surface area contributed by atoms with Gasteiger partial charge in [0.2, 0.25) is 0 Å². The van der Waals surface area contributed by atoms with Crippen molar-refractivity contribution in [2.24, 2.45) is 0 Å². The van der Waals surface area contributed by atoms with Crippen LogP contribution in [0.4, 0.5) is 0 Å². The topological polar surface area (TPSA) is 39.2 Å². The zero-order valence-electron chi connectivity index (χ0n) is 14.2. The van der Waals surface area contributed by atoms with Crippen molar-refractivity contribution in [2.75, 3.05) is 7.11 Å². The van der Waals surface area contributed by atoms with Crippen molar-refractivity contribution in [3.8, 4) is 0 Å². The Morgan fingerprint density at radius 3 is 2.46 bits per heavy atom. The quantitative estimate of drug-likeness (QED) is 0.652. The number of hydrogen-bond donors (Lipinski definition) is 0. The highest BCUT2D eigenvalue weighted by molar-refractivity contribution is 5.89. The smallest absolute Gasteiger partial charge is 0.337 e. The Morgan fingerprint density at radius 2 is 1.79 bits per heavy atom. The molecule has 0 fully saturated rings. The summed E-state index contributed by atoms with van der Waals surface area (Å²) in [5.74, 6) is 0.0769. The van der Waals surface area contributed by atoms with Crippen LogP contribution in [0.5, 0.6) is 0 Å². The predicted molar refractivity (Wildman–Crippen MR) is 96.4 cm³/mol. The Balaban J connectivity index is 1.98. The van der Waals surface area contributed by atoms with Gasteiger partial charge in [0.05, 0.1) is 18.2 Å². The number of benzene rings is 2. The largest absolute Gasteiger partial charge is 0.465 e. The van der Waals surface area contributed by atoms with Crippen molar-refractivity contribution >= 4 is 16.9 Å². The summed E-state index contributed by atoms with van der Waals surface area (Å²) in [7, 11) is 1.40. The van der Waals surface area contributed by atoms with Gasteiger partial charge in [0.15, 0.2) is 0 Å². The predicted octanol–water partition coefficient (Wildman–Crippen LogP) is 4.74. The van der Waals surface area contributed by atoms with Crippen LogP contribution >= 0.6 is 0 Å². The molecule has 0 aliphatic carbocycles. The summed E-state index contributed by atoms with van der Waals surface area (Å²) in [5.41, 5.74) is 5.13. The van der Waals surface area contributed by atoms with E-state index in [0.717, 1.165) is 23.2 Å². The molecule has 3 rings (SSSR count). The number of esters is 1. The van der Waals surface area contributed by atoms with Gasteiger partial charge >= 0.3 is 5.97 Å². The second-order valence-corrected chi connectivity index (χ2v) is 6.24. The second-order valence-electron chi connectivity index (χ2n) is 6.24. The van der Waals surface area contributed by atoms with E-state index in [9.17, 15) is 4.79 Å². The van der Waals surface area contributed by atoms with Gasteiger partial charge in [-0.1, -0.05) is 44.2 Å². The fraction of sp³-hybridized carbons (Fsp3) is 0.238. The van der Waals surface area contributed by atoms with Crippen LogP contribution in [0.25, 0.3) is 10.9 Å². The maximum atomic E-state index is 11.5. The molecule has 24 heavy (non-hydrogen) atoms. The highest BCUT2D eigenvalue weighted by atomic mass is 16.5. The number of aromatic nitrogens is 1. The molecule has 122 valence electrons. The van der Waals surface area contributed by atoms with Crippen LogP contribution < -0.4 is 0 Å². The standard InChI is InChI=1S/C21H21NO2/c1-14(2)20-13-17(18-6-4-5-7-19(18)22-20)12-15-8-10-16(11-9-15)21(23)24-3/h4-11,13-14H,12H2,1-3H3. The Labute approximate surface area is 142 Å². The lowest BCUT2D eigenvalue weighted by atomic mass is 9.97. The summed E-state index contributed by atoms with van der Waals surface area (Å²) in [6, 6.07) is 18.0. The monoisotopic (exact) mass is 319 g/mol. The molecular formula is C21H21NO2. The summed E-state index contributed by atoms with van der Waals surface area (Å²) < 4.78 is 4.75. The van der Waals surface area contributed by atoms with Crippen molar-refractivity contribution in [3.05, 3.63) is 77.0 Å². The minimum Gasteiger partial charge on any atom is -0.465 e. The maximum Gasteiger partial charge on any atom is 0.337 e. The van der Waals surface area contributed by atoms with Crippen LogP contribution in [-0.2, 0) is 11.2 Å². The highest BCUT2D eigenvalue weighted by Crippen LogP contribution is 2.24. The zero-order valence-corrected chi connectivity index (χ0v) is 14.2. The van der Waals surface area contributed by atoms with E-state index in [4.69, 9.17) is 9.72 Å². The average molecular weight is 319 g/mol. The van der Waals surface area contributed by atoms with Crippen LogP contribution in [-0.4, -0.2) is 18.1 Å². The van der Waals surface area contributed by atoms with E-state index < -0.39 is 0 Å². The zero-order chi connectivity index (χ0) is 17.1. The molecule has 0 saturated heterocycles. The molecule has 0 spiro atoms. The summed E-state index contributed by atoms with van der Waals surface area (Å²) in [6.45, 7) is 4.32. The molecule has 1 heterocycles. The fourth-order valence-corrected chi connectivity index (χ4v) is 2.81. The van der Waals surface area contributed by atoms with Crippen molar-refractivity contribution in [2.45, 2.75) is 26.2 Å². The first-order valence-electron chi connectivity index (χ1n) is 8.14.